The molecular formula is C19H26N8O10. The smallest absolute Gasteiger partial charge is 0.328 e. The van der Waals surface area contributed by atoms with Gasteiger partial charge >= 0.3 is 24.1 Å². The van der Waals surface area contributed by atoms with Crippen LogP contribution in [0.1, 0.15) is 6.92 Å². The Morgan fingerprint density at radius 1 is 0.892 bits per heavy atom. The molecule has 1 aromatic rings. The van der Waals surface area contributed by atoms with E-state index < -0.39 is 74.7 Å². The monoisotopic (exact) mass is 526 g/mol. The fourth-order valence-corrected chi connectivity index (χ4v) is 2.84. The standard InChI is InChI=1S/C11H16N8O8.C8H10O2/c20-2-18-4(6(22)16-10(18)26)14-8(24)12-1-13-9(25)15-5-7(23)17-11(27)19(5)3-21;1-7(9)10-8-5-3-2-4-6-8/h4-5,20-21H,1-3H2,(H2,12,14,24)(H2,13,15,25)(H,16,22,26)(H,17,23,27);2-7,9H,1H3. The van der Waals surface area contributed by atoms with Gasteiger partial charge in [0.2, 0.25) is 0 Å². The van der Waals surface area contributed by atoms with Crippen molar-refractivity contribution >= 4 is 35.9 Å². The minimum atomic E-state index is -1.43. The largest absolute Gasteiger partial charge is 0.465 e. The SMILES string of the molecule is CC(O)Oc1ccccc1.O=C(NCNC(=O)NC1C(=O)NC(=O)N1CO)NC1C(=O)NC(=O)N1CO. The summed E-state index contributed by atoms with van der Waals surface area (Å²) in [6.45, 7) is -0.507. The lowest BCUT2D eigenvalue weighted by atomic mass is 10.3. The number of aliphatic hydroxyl groups is 3. The number of para-hydroxylation sites is 1. The second-order valence-electron chi connectivity index (χ2n) is 7.12. The number of carbonyl (C=O) groups excluding carboxylic acids is 6. The summed E-state index contributed by atoms with van der Waals surface area (Å²) in [6.07, 6.45) is -3.59. The van der Waals surface area contributed by atoms with Crippen LogP contribution in [0.25, 0.3) is 0 Å². The van der Waals surface area contributed by atoms with Gasteiger partial charge in [0.1, 0.15) is 19.2 Å². The fourth-order valence-electron chi connectivity index (χ4n) is 2.84. The van der Waals surface area contributed by atoms with Gasteiger partial charge < -0.3 is 41.3 Å². The van der Waals surface area contributed by atoms with Crippen LogP contribution in [-0.2, 0) is 9.59 Å². The van der Waals surface area contributed by atoms with Crippen molar-refractivity contribution in [2.24, 2.45) is 0 Å². The van der Waals surface area contributed by atoms with E-state index >= 15 is 0 Å². The van der Waals surface area contributed by atoms with E-state index in [-0.39, 0.29) is 0 Å². The van der Waals surface area contributed by atoms with Gasteiger partial charge in [-0.25, -0.2) is 19.2 Å². The third-order valence-electron chi connectivity index (χ3n) is 4.49. The molecule has 0 radical (unpaired) electrons. The van der Waals surface area contributed by atoms with E-state index in [0.717, 1.165) is 0 Å². The number of urea groups is 4. The normalized spacial score (nSPS) is 19.2. The van der Waals surface area contributed by atoms with E-state index in [1.807, 2.05) is 28.8 Å². The van der Waals surface area contributed by atoms with E-state index in [1.165, 1.54) is 0 Å². The van der Waals surface area contributed by atoms with Gasteiger partial charge in [0.15, 0.2) is 18.6 Å². The van der Waals surface area contributed by atoms with E-state index in [4.69, 9.17) is 20.1 Å². The first kappa shape index (κ1) is 28.6. The number of hydrogen-bond donors (Lipinski definition) is 9. The van der Waals surface area contributed by atoms with E-state index in [2.05, 4.69) is 21.3 Å². The van der Waals surface area contributed by atoms with Gasteiger partial charge in [-0.15, -0.1) is 0 Å². The quantitative estimate of drug-likeness (QED) is 0.120. The second kappa shape index (κ2) is 13.4. The minimum absolute atomic E-state index is 0.458. The molecule has 2 saturated heterocycles. The lowest BCUT2D eigenvalue weighted by molar-refractivity contribution is -0.123. The maximum Gasteiger partial charge on any atom is 0.328 e. The predicted octanol–water partition coefficient (Wildman–Crippen LogP) is -3.40. The summed E-state index contributed by atoms with van der Waals surface area (Å²) in [5.74, 6) is -1.01. The highest BCUT2D eigenvalue weighted by atomic mass is 16.6. The first-order chi connectivity index (χ1) is 17.6. The summed E-state index contributed by atoms with van der Waals surface area (Å²) in [5.41, 5.74) is 0. The van der Waals surface area contributed by atoms with E-state index in [1.54, 1.807) is 19.1 Å². The predicted molar refractivity (Wildman–Crippen MR) is 119 cm³/mol. The number of amides is 10. The van der Waals surface area contributed by atoms with Gasteiger partial charge in [0.25, 0.3) is 11.8 Å². The lowest BCUT2D eigenvalue weighted by Gasteiger charge is -2.21. The molecule has 2 heterocycles. The Morgan fingerprint density at radius 2 is 1.32 bits per heavy atom. The topological polar surface area (TPSA) is 251 Å². The van der Waals surface area contributed by atoms with Gasteiger partial charge in [0, 0.05) is 0 Å². The molecule has 18 heteroatoms. The Bertz CT molecular complexity index is 952. The average molecular weight is 526 g/mol. The molecule has 0 saturated carbocycles. The van der Waals surface area contributed by atoms with Gasteiger partial charge in [-0.1, -0.05) is 18.2 Å². The lowest BCUT2D eigenvalue weighted by Crippen LogP contribution is -2.56. The first-order valence-electron chi connectivity index (χ1n) is 10.5. The number of benzene rings is 1. The summed E-state index contributed by atoms with van der Waals surface area (Å²) in [6, 6.07) is 5.54. The molecule has 10 amide bonds. The fraction of sp³-hybridized carbons (Fsp3) is 0.368. The van der Waals surface area contributed by atoms with Crippen LogP contribution in [0.4, 0.5) is 19.2 Å². The Kier molecular flexibility index (Phi) is 10.4. The number of carbonyl (C=O) groups is 6. The number of rotatable bonds is 8. The molecule has 9 N–H and O–H groups in total. The molecule has 0 aliphatic carbocycles. The van der Waals surface area contributed by atoms with Crippen LogP contribution in [0, 0.1) is 0 Å². The third-order valence-corrected chi connectivity index (χ3v) is 4.49. The number of imide groups is 2. The summed E-state index contributed by atoms with van der Waals surface area (Å²) in [4.78, 5) is 70.2. The van der Waals surface area contributed by atoms with Crippen molar-refractivity contribution in [1.82, 2.24) is 41.7 Å². The van der Waals surface area contributed by atoms with Crippen LogP contribution in [0.5, 0.6) is 5.75 Å². The number of nitrogens with zero attached hydrogens (tertiary/aromatic N) is 2. The van der Waals surface area contributed by atoms with Crippen molar-refractivity contribution in [1.29, 1.82) is 0 Å². The summed E-state index contributed by atoms with van der Waals surface area (Å²) < 4.78 is 4.97. The highest BCUT2D eigenvalue weighted by Crippen LogP contribution is 2.09. The van der Waals surface area contributed by atoms with Crippen LogP contribution >= 0.6 is 0 Å². The zero-order valence-corrected chi connectivity index (χ0v) is 19.3. The molecular weight excluding hydrogens is 500 g/mol. The van der Waals surface area contributed by atoms with Crippen molar-refractivity contribution in [3.63, 3.8) is 0 Å². The van der Waals surface area contributed by atoms with Gasteiger partial charge in [0.05, 0.1) is 6.67 Å². The van der Waals surface area contributed by atoms with Crippen molar-refractivity contribution in [2.75, 3.05) is 20.1 Å². The van der Waals surface area contributed by atoms with E-state index in [0.29, 0.717) is 15.5 Å². The first-order valence-corrected chi connectivity index (χ1v) is 10.5. The van der Waals surface area contributed by atoms with Crippen molar-refractivity contribution in [3.05, 3.63) is 30.3 Å². The van der Waals surface area contributed by atoms with Gasteiger partial charge in [-0.3, -0.25) is 30.0 Å². The van der Waals surface area contributed by atoms with Crippen LogP contribution < -0.4 is 36.6 Å². The van der Waals surface area contributed by atoms with Crippen molar-refractivity contribution in [2.45, 2.75) is 25.5 Å². The van der Waals surface area contributed by atoms with Crippen LogP contribution in [0.3, 0.4) is 0 Å². The number of ether oxygens (including phenoxy) is 1. The zero-order chi connectivity index (χ0) is 27.5. The molecule has 3 atom stereocenters. The number of nitrogens with one attached hydrogen (secondary N) is 6. The van der Waals surface area contributed by atoms with Gasteiger partial charge in [-0.2, -0.15) is 0 Å². The zero-order valence-electron chi connectivity index (χ0n) is 19.3. The molecule has 1 aromatic carbocycles. The molecule has 3 unspecified atom stereocenters. The molecule has 2 aliphatic rings. The molecule has 0 aromatic heterocycles. The van der Waals surface area contributed by atoms with Crippen molar-refractivity contribution in [3.8, 4) is 5.75 Å². The number of aliphatic hydroxyl groups excluding tert-OH is 3. The molecule has 202 valence electrons. The Hall–Kier alpha value is -4.68. The molecule has 0 spiro atoms. The van der Waals surface area contributed by atoms with Crippen LogP contribution in [-0.4, -0.2) is 99.8 Å². The highest BCUT2D eigenvalue weighted by Gasteiger charge is 2.40. The number of hydrogen-bond acceptors (Lipinski definition) is 10. The molecule has 2 aliphatic heterocycles. The Morgan fingerprint density at radius 3 is 1.70 bits per heavy atom. The third kappa shape index (κ3) is 8.19. The Labute approximate surface area is 208 Å². The van der Waals surface area contributed by atoms with Crippen LogP contribution in [0.2, 0.25) is 0 Å². The molecule has 0 bridgehead atoms. The maximum atomic E-state index is 11.7. The molecule has 37 heavy (non-hydrogen) atoms. The van der Waals surface area contributed by atoms with Gasteiger partial charge in [-0.05, 0) is 19.1 Å². The maximum absolute atomic E-state index is 11.7. The second-order valence-corrected chi connectivity index (χ2v) is 7.12. The molecule has 18 nitrogen and oxygen atoms in total. The summed E-state index contributed by atoms with van der Waals surface area (Å²) in [5, 5.41) is 39.0. The average Bonchev–Trinajstić information content (AvgIpc) is 3.26. The Balaban J connectivity index is 0.000000402. The minimum Gasteiger partial charge on any atom is -0.465 e. The molecule has 2 fully saturated rings. The summed E-state index contributed by atoms with van der Waals surface area (Å²) >= 11 is 0. The van der Waals surface area contributed by atoms with Crippen LogP contribution in [0.15, 0.2) is 30.3 Å². The molecule has 3 rings (SSSR count). The highest BCUT2D eigenvalue weighted by molar-refractivity contribution is 6.05. The summed E-state index contributed by atoms with van der Waals surface area (Å²) in [7, 11) is 0. The van der Waals surface area contributed by atoms with E-state index in [9.17, 15) is 28.8 Å². The van der Waals surface area contributed by atoms with Crippen molar-refractivity contribution < 1.29 is 48.8 Å².